The van der Waals surface area contributed by atoms with Gasteiger partial charge in [-0.05, 0) is 48.9 Å². The lowest BCUT2D eigenvalue weighted by atomic mass is 9.90. The molecule has 0 bridgehead atoms. The highest BCUT2D eigenvalue weighted by Gasteiger charge is 2.21. The number of anilines is 1. The number of nitrogens with one attached hydrogen (secondary N) is 2. The zero-order chi connectivity index (χ0) is 12.5. The van der Waals surface area contributed by atoms with Gasteiger partial charge in [-0.15, -0.1) is 0 Å². The maximum absolute atomic E-state index is 11.3. The molecule has 0 aliphatic carbocycles. The maximum Gasteiger partial charge on any atom is 0.224 e. The Morgan fingerprint density at radius 2 is 2.11 bits per heavy atom. The smallest absolute Gasteiger partial charge is 0.224 e. The van der Waals surface area contributed by atoms with Crippen LogP contribution in [0.15, 0.2) is 18.2 Å². The molecular formula is C15H20N2O. The summed E-state index contributed by atoms with van der Waals surface area (Å²) in [6.07, 6.45) is 4.00. The van der Waals surface area contributed by atoms with Gasteiger partial charge < -0.3 is 10.6 Å². The van der Waals surface area contributed by atoms with Gasteiger partial charge in [-0.2, -0.15) is 0 Å². The summed E-state index contributed by atoms with van der Waals surface area (Å²) in [6.45, 7) is 3.41. The Morgan fingerprint density at radius 1 is 1.22 bits per heavy atom. The molecule has 2 aliphatic rings. The first-order valence-electron chi connectivity index (χ1n) is 6.88. The van der Waals surface area contributed by atoms with Crippen molar-refractivity contribution < 1.29 is 4.79 Å². The van der Waals surface area contributed by atoms with Crippen molar-refractivity contribution in [3.05, 3.63) is 29.3 Å². The standard InChI is InChI=1S/C15H20N2O/c1-10-2-5-13(16-9-10)11-3-6-14-12(8-11)4-7-15(18)17-14/h3,6,8,10,13,16H,2,4-5,7,9H2,1H3,(H,17,18). The Labute approximate surface area is 108 Å². The Kier molecular flexibility index (Phi) is 3.08. The van der Waals surface area contributed by atoms with Gasteiger partial charge in [0.2, 0.25) is 5.91 Å². The maximum atomic E-state index is 11.3. The van der Waals surface area contributed by atoms with Crippen molar-refractivity contribution in [1.29, 1.82) is 0 Å². The van der Waals surface area contributed by atoms with Gasteiger partial charge >= 0.3 is 0 Å². The van der Waals surface area contributed by atoms with E-state index in [0.717, 1.165) is 24.6 Å². The highest BCUT2D eigenvalue weighted by atomic mass is 16.1. The Balaban J connectivity index is 1.80. The number of aryl methyl sites for hydroxylation is 1. The van der Waals surface area contributed by atoms with Crippen molar-refractivity contribution in [2.45, 2.75) is 38.6 Å². The van der Waals surface area contributed by atoms with Crippen LogP contribution in [0.4, 0.5) is 5.69 Å². The van der Waals surface area contributed by atoms with E-state index in [2.05, 4.69) is 35.8 Å². The van der Waals surface area contributed by atoms with Gasteiger partial charge in [0.1, 0.15) is 0 Å². The Morgan fingerprint density at radius 3 is 2.89 bits per heavy atom. The molecule has 0 radical (unpaired) electrons. The van der Waals surface area contributed by atoms with Crippen LogP contribution in [0.3, 0.4) is 0 Å². The van der Waals surface area contributed by atoms with E-state index in [4.69, 9.17) is 0 Å². The van der Waals surface area contributed by atoms with Crippen molar-refractivity contribution in [1.82, 2.24) is 5.32 Å². The van der Waals surface area contributed by atoms with E-state index in [1.807, 2.05) is 0 Å². The molecule has 0 aromatic heterocycles. The lowest BCUT2D eigenvalue weighted by molar-refractivity contribution is -0.116. The first kappa shape index (κ1) is 11.7. The minimum atomic E-state index is 0.139. The molecule has 1 saturated heterocycles. The number of hydrogen-bond acceptors (Lipinski definition) is 2. The summed E-state index contributed by atoms with van der Waals surface area (Å²) in [5.74, 6) is 0.929. The topological polar surface area (TPSA) is 41.1 Å². The molecule has 3 nitrogen and oxygen atoms in total. The fourth-order valence-electron chi connectivity index (χ4n) is 2.90. The summed E-state index contributed by atoms with van der Waals surface area (Å²) in [5.41, 5.74) is 3.66. The lowest BCUT2D eigenvalue weighted by Gasteiger charge is -2.29. The molecule has 2 unspecified atom stereocenters. The van der Waals surface area contributed by atoms with E-state index in [1.54, 1.807) is 0 Å². The number of fused-ring (bicyclic) bond motifs is 1. The Bertz CT molecular complexity index is 462. The summed E-state index contributed by atoms with van der Waals surface area (Å²) in [6, 6.07) is 6.96. The molecule has 0 spiro atoms. The van der Waals surface area contributed by atoms with E-state index >= 15 is 0 Å². The van der Waals surface area contributed by atoms with Crippen molar-refractivity contribution in [3.8, 4) is 0 Å². The zero-order valence-corrected chi connectivity index (χ0v) is 10.8. The number of rotatable bonds is 1. The number of amides is 1. The van der Waals surface area contributed by atoms with E-state index in [-0.39, 0.29) is 5.91 Å². The highest BCUT2D eigenvalue weighted by Crippen LogP contribution is 2.30. The van der Waals surface area contributed by atoms with E-state index in [1.165, 1.54) is 24.0 Å². The quantitative estimate of drug-likeness (QED) is 0.797. The summed E-state index contributed by atoms with van der Waals surface area (Å²) in [5, 5.41) is 6.55. The normalized spacial score (nSPS) is 27.5. The fraction of sp³-hybridized carbons (Fsp3) is 0.533. The highest BCUT2D eigenvalue weighted by molar-refractivity contribution is 5.93. The molecular weight excluding hydrogens is 224 g/mol. The van der Waals surface area contributed by atoms with Crippen molar-refractivity contribution in [3.63, 3.8) is 0 Å². The molecule has 2 N–H and O–H groups in total. The molecule has 3 rings (SSSR count). The molecule has 1 aromatic rings. The molecule has 96 valence electrons. The van der Waals surface area contributed by atoms with Crippen molar-refractivity contribution in [2.24, 2.45) is 5.92 Å². The van der Waals surface area contributed by atoms with Crippen LogP contribution in [0.1, 0.15) is 43.4 Å². The summed E-state index contributed by atoms with van der Waals surface area (Å²) in [7, 11) is 0. The van der Waals surface area contributed by atoms with Crippen LogP contribution in [-0.2, 0) is 11.2 Å². The summed E-state index contributed by atoms with van der Waals surface area (Å²) >= 11 is 0. The predicted molar refractivity (Wildman–Crippen MR) is 72.5 cm³/mol. The second kappa shape index (κ2) is 4.73. The fourth-order valence-corrected chi connectivity index (χ4v) is 2.90. The molecule has 2 atom stereocenters. The number of carbonyl (C=O) groups is 1. The van der Waals surface area contributed by atoms with Gasteiger partial charge in [0.15, 0.2) is 0 Å². The number of piperidine rings is 1. The van der Waals surface area contributed by atoms with E-state index in [9.17, 15) is 4.79 Å². The molecule has 2 heterocycles. The van der Waals surface area contributed by atoms with Gasteiger partial charge in [-0.1, -0.05) is 19.1 Å². The number of hydrogen-bond donors (Lipinski definition) is 2. The largest absolute Gasteiger partial charge is 0.326 e. The summed E-state index contributed by atoms with van der Waals surface area (Å²) in [4.78, 5) is 11.3. The molecule has 1 aromatic carbocycles. The lowest BCUT2D eigenvalue weighted by Crippen LogP contribution is -2.32. The third-order valence-corrected chi connectivity index (χ3v) is 4.09. The van der Waals surface area contributed by atoms with Crippen LogP contribution in [0.25, 0.3) is 0 Å². The second-order valence-corrected chi connectivity index (χ2v) is 5.61. The van der Waals surface area contributed by atoms with E-state index < -0.39 is 0 Å². The van der Waals surface area contributed by atoms with Crippen LogP contribution < -0.4 is 10.6 Å². The van der Waals surface area contributed by atoms with Crippen molar-refractivity contribution >= 4 is 11.6 Å². The molecule has 3 heteroatoms. The minimum Gasteiger partial charge on any atom is -0.326 e. The van der Waals surface area contributed by atoms with Crippen LogP contribution in [0.2, 0.25) is 0 Å². The summed E-state index contributed by atoms with van der Waals surface area (Å²) < 4.78 is 0. The van der Waals surface area contributed by atoms with Crippen LogP contribution in [0, 0.1) is 5.92 Å². The van der Waals surface area contributed by atoms with Crippen molar-refractivity contribution in [2.75, 3.05) is 11.9 Å². The van der Waals surface area contributed by atoms with Gasteiger partial charge in [0.25, 0.3) is 0 Å². The van der Waals surface area contributed by atoms with Crippen LogP contribution >= 0.6 is 0 Å². The minimum absolute atomic E-state index is 0.139. The second-order valence-electron chi connectivity index (χ2n) is 5.61. The first-order valence-corrected chi connectivity index (χ1v) is 6.88. The van der Waals surface area contributed by atoms with Crippen LogP contribution in [-0.4, -0.2) is 12.5 Å². The Hall–Kier alpha value is -1.35. The number of carbonyl (C=O) groups excluding carboxylic acids is 1. The SMILES string of the molecule is CC1CCC(c2ccc3c(c2)CCC(=O)N3)NC1. The predicted octanol–water partition coefficient (Wildman–Crippen LogP) is 2.63. The van der Waals surface area contributed by atoms with Gasteiger partial charge in [-0.3, -0.25) is 4.79 Å². The first-order chi connectivity index (χ1) is 8.72. The molecule has 2 aliphatic heterocycles. The average molecular weight is 244 g/mol. The van der Waals surface area contributed by atoms with Gasteiger partial charge in [-0.25, -0.2) is 0 Å². The van der Waals surface area contributed by atoms with E-state index in [0.29, 0.717) is 12.5 Å². The monoisotopic (exact) mass is 244 g/mol. The number of benzene rings is 1. The van der Waals surface area contributed by atoms with Gasteiger partial charge in [0.05, 0.1) is 0 Å². The van der Waals surface area contributed by atoms with Crippen LogP contribution in [0.5, 0.6) is 0 Å². The average Bonchev–Trinajstić information content (AvgIpc) is 2.39. The third-order valence-electron chi connectivity index (χ3n) is 4.09. The molecule has 1 fully saturated rings. The molecule has 1 amide bonds. The molecule has 18 heavy (non-hydrogen) atoms. The third kappa shape index (κ3) is 2.27. The zero-order valence-electron chi connectivity index (χ0n) is 10.8. The molecule has 0 saturated carbocycles. The van der Waals surface area contributed by atoms with Gasteiger partial charge in [0, 0.05) is 18.2 Å².